The number of halogens is 1. The van der Waals surface area contributed by atoms with Crippen molar-refractivity contribution in [2.24, 2.45) is 0 Å². The Kier molecular flexibility index (Phi) is 1.80. The van der Waals surface area contributed by atoms with Crippen molar-refractivity contribution in [1.29, 1.82) is 0 Å². The van der Waals surface area contributed by atoms with Crippen LogP contribution in [0.25, 0.3) is 0 Å². The molecule has 1 unspecified atom stereocenters. The number of rotatable bonds is 2. The molecule has 0 bridgehead atoms. The number of aliphatic carboxylic acids is 1. The second kappa shape index (κ2) is 2.73. The molecule has 70 valence electrons. The molecule has 13 heavy (non-hydrogen) atoms. The number of β-lactam (4-membered cyclic amide) rings is 1. The number of carboxylic acid groups (broad SMARTS) is 1. The van der Waals surface area contributed by atoms with Gasteiger partial charge in [-0.3, -0.25) is 4.79 Å². The van der Waals surface area contributed by atoms with Crippen LogP contribution in [0, 0.1) is 0 Å². The Morgan fingerprint density at radius 2 is 2.31 bits per heavy atom. The maximum absolute atomic E-state index is 11.1. The first-order valence-corrected chi connectivity index (χ1v) is 4.52. The van der Waals surface area contributed by atoms with Gasteiger partial charge in [-0.15, -0.1) is 11.6 Å². The highest BCUT2D eigenvalue weighted by atomic mass is 35.5. The summed E-state index contributed by atoms with van der Waals surface area (Å²) in [5.41, 5.74) is 0.779. The summed E-state index contributed by atoms with van der Waals surface area (Å²) in [6, 6.07) is 0.0624. The molecule has 2 heterocycles. The quantitative estimate of drug-likeness (QED) is 0.525. The van der Waals surface area contributed by atoms with Crippen LogP contribution < -0.4 is 0 Å². The Morgan fingerprint density at radius 3 is 2.77 bits per heavy atom. The number of fused-ring (bicyclic) bond motifs is 1. The van der Waals surface area contributed by atoms with Crippen LogP contribution in [0.1, 0.15) is 12.8 Å². The molecule has 1 fully saturated rings. The minimum Gasteiger partial charge on any atom is -0.477 e. The first kappa shape index (κ1) is 8.56. The van der Waals surface area contributed by atoms with Crippen LogP contribution in [-0.4, -0.2) is 33.8 Å². The Balaban J connectivity index is 2.34. The summed E-state index contributed by atoms with van der Waals surface area (Å²) in [5.74, 6) is -0.962. The maximum Gasteiger partial charge on any atom is 0.352 e. The fourth-order valence-electron chi connectivity index (χ4n) is 1.88. The lowest BCUT2D eigenvalue weighted by molar-refractivity contribution is -0.147. The Labute approximate surface area is 79.8 Å². The van der Waals surface area contributed by atoms with E-state index in [2.05, 4.69) is 0 Å². The molecule has 0 aromatic carbocycles. The van der Waals surface area contributed by atoms with Crippen molar-refractivity contribution in [1.82, 2.24) is 4.90 Å². The highest BCUT2D eigenvalue weighted by molar-refractivity contribution is 6.20. The van der Waals surface area contributed by atoms with Crippen LogP contribution in [-0.2, 0) is 9.59 Å². The van der Waals surface area contributed by atoms with Gasteiger partial charge < -0.3 is 10.0 Å². The van der Waals surface area contributed by atoms with Crippen molar-refractivity contribution in [2.45, 2.75) is 18.9 Å². The zero-order valence-corrected chi connectivity index (χ0v) is 7.54. The number of carbonyl (C=O) groups is 2. The van der Waals surface area contributed by atoms with Crippen LogP contribution in [0.5, 0.6) is 0 Å². The van der Waals surface area contributed by atoms with Crippen molar-refractivity contribution >= 4 is 23.5 Å². The third kappa shape index (κ3) is 1.05. The van der Waals surface area contributed by atoms with E-state index in [1.54, 1.807) is 0 Å². The van der Waals surface area contributed by atoms with E-state index in [0.29, 0.717) is 18.4 Å². The fourth-order valence-corrected chi connectivity index (χ4v) is 2.11. The largest absolute Gasteiger partial charge is 0.477 e. The van der Waals surface area contributed by atoms with Gasteiger partial charge in [-0.2, -0.15) is 0 Å². The average Bonchev–Trinajstić information content (AvgIpc) is 2.37. The molecule has 1 saturated heterocycles. The molecular weight excluding hydrogens is 194 g/mol. The van der Waals surface area contributed by atoms with Crippen molar-refractivity contribution < 1.29 is 14.7 Å². The molecular formula is C8H8ClNO3. The van der Waals surface area contributed by atoms with E-state index in [1.165, 1.54) is 4.90 Å². The molecule has 2 rings (SSSR count). The van der Waals surface area contributed by atoms with Gasteiger partial charge in [0, 0.05) is 18.3 Å². The first-order chi connectivity index (χ1) is 6.15. The molecule has 2 aliphatic heterocycles. The summed E-state index contributed by atoms with van der Waals surface area (Å²) in [4.78, 5) is 23.2. The van der Waals surface area contributed by atoms with Gasteiger partial charge in [0.15, 0.2) is 0 Å². The number of alkyl halides is 1. The highest BCUT2D eigenvalue weighted by Gasteiger charge is 2.46. The van der Waals surface area contributed by atoms with Crippen molar-refractivity contribution in [3.63, 3.8) is 0 Å². The van der Waals surface area contributed by atoms with Gasteiger partial charge in [-0.25, -0.2) is 4.79 Å². The van der Waals surface area contributed by atoms with Crippen LogP contribution in [0.2, 0.25) is 0 Å². The Morgan fingerprint density at radius 1 is 1.62 bits per heavy atom. The van der Waals surface area contributed by atoms with Crippen LogP contribution in [0.4, 0.5) is 0 Å². The molecule has 4 nitrogen and oxygen atoms in total. The van der Waals surface area contributed by atoms with Crippen LogP contribution in [0.15, 0.2) is 11.3 Å². The molecule has 2 aliphatic rings. The second-order valence-electron chi connectivity index (χ2n) is 3.22. The number of amides is 1. The molecule has 0 aliphatic carbocycles. The minimum absolute atomic E-state index is 0.0624. The van der Waals surface area contributed by atoms with E-state index in [-0.39, 0.29) is 23.5 Å². The van der Waals surface area contributed by atoms with Crippen LogP contribution >= 0.6 is 11.6 Å². The molecule has 1 N–H and O–H groups in total. The lowest BCUT2D eigenvalue weighted by Gasteiger charge is -2.35. The summed E-state index contributed by atoms with van der Waals surface area (Å²) in [7, 11) is 0. The smallest absolute Gasteiger partial charge is 0.352 e. The van der Waals surface area contributed by atoms with E-state index in [1.807, 2.05) is 0 Å². The molecule has 0 aromatic heterocycles. The lowest BCUT2D eigenvalue weighted by Crippen LogP contribution is -2.49. The molecule has 0 spiro atoms. The second-order valence-corrected chi connectivity index (χ2v) is 3.48. The molecule has 0 radical (unpaired) electrons. The van der Waals surface area contributed by atoms with Crippen molar-refractivity contribution in [3.8, 4) is 0 Å². The van der Waals surface area contributed by atoms with Gasteiger partial charge in [-0.1, -0.05) is 0 Å². The topological polar surface area (TPSA) is 57.6 Å². The Hall–Kier alpha value is -1.03. The number of carbonyl (C=O) groups excluding carboxylic acids is 1. The molecule has 0 aromatic rings. The first-order valence-electron chi connectivity index (χ1n) is 3.98. The number of hydrogen-bond donors (Lipinski definition) is 1. The predicted octanol–water partition coefficient (Wildman–Crippen LogP) is 0.569. The SMILES string of the molecule is O=C(O)C1=C(CCl)CC2CC(=O)N12. The summed E-state index contributed by atoms with van der Waals surface area (Å²) in [5, 5.41) is 8.84. The van der Waals surface area contributed by atoms with E-state index in [9.17, 15) is 9.59 Å². The predicted molar refractivity (Wildman–Crippen MR) is 45.2 cm³/mol. The van der Waals surface area contributed by atoms with Crippen molar-refractivity contribution in [3.05, 3.63) is 11.3 Å². The zero-order valence-electron chi connectivity index (χ0n) is 6.79. The number of hydrogen-bond acceptors (Lipinski definition) is 2. The third-order valence-electron chi connectivity index (χ3n) is 2.47. The molecule has 5 heteroatoms. The van der Waals surface area contributed by atoms with Gasteiger partial charge in [0.05, 0.1) is 0 Å². The van der Waals surface area contributed by atoms with Gasteiger partial charge >= 0.3 is 5.97 Å². The number of carboxylic acids is 1. The minimum atomic E-state index is -1.05. The lowest BCUT2D eigenvalue weighted by atomic mass is 10.0. The zero-order chi connectivity index (χ0) is 9.59. The summed E-state index contributed by atoms with van der Waals surface area (Å²) in [6.07, 6.45) is 1.08. The average molecular weight is 202 g/mol. The standard InChI is InChI=1S/C8H8ClNO3/c9-3-4-1-5-2-6(11)10(5)7(4)8(12)13/h5H,1-3H2,(H,12,13). The van der Waals surface area contributed by atoms with Gasteiger partial charge in [0.1, 0.15) is 5.70 Å². The van der Waals surface area contributed by atoms with Gasteiger partial charge in [0.2, 0.25) is 5.91 Å². The fraction of sp³-hybridized carbons (Fsp3) is 0.500. The van der Waals surface area contributed by atoms with E-state index in [4.69, 9.17) is 16.7 Å². The summed E-state index contributed by atoms with van der Waals surface area (Å²) in [6.45, 7) is 0. The monoisotopic (exact) mass is 201 g/mol. The molecule has 1 atom stereocenters. The summed E-state index contributed by atoms with van der Waals surface area (Å²) < 4.78 is 0. The third-order valence-corrected chi connectivity index (χ3v) is 2.79. The van der Waals surface area contributed by atoms with E-state index >= 15 is 0 Å². The van der Waals surface area contributed by atoms with Crippen molar-refractivity contribution in [2.75, 3.05) is 5.88 Å². The summed E-state index contributed by atoms with van der Waals surface area (Å²) >= 11 is 5.59. The van der Waals surface area contributed by atoms with Gasteiger partial charge in [0.25, 0.3) is 0 Å². The van der Waals surface area contributed by atoms with E-state index < -0.39 is 5.97 Å². The Bertz CT molecular complexity index is 323. The molecule has 0 saturated carbocycles. The molecule has 1 amide bonds. The van der Waals surface area contributed by atoms with Crippen LogP contribution in [0.3, 0.4) is 0 Å². The van der Waals surface area contributed by atoms with E-state index in [0.717, 1.165) is 0 Å². The number of nitrogens with zero attached hydrogens (tertiary/aromatic N) is 1. The van der Waals surface area contributed by atoms with Gasteiger partial charge in [-0.05, 0) is 12.0 Å². The highest BCUT2D eigenvalue weighted by Crippen LogP contribution is 2.38. The normalized spacial score (nSPS) is 26.1. The maximum atomic E-state index is 11.1.